The molecule has 1 saturated carbocycles. The van der Waals surface area contributed by atoms with Crippen molar-refractivity contribution in [3.05, 3.63) is 30.1 Å². The summed E-state index contributed by atoms with van der Waals surface area (Å²) in [4.78, 5) is 50.0. The molecule has 1 heterocycles. The SMILES string of the molecule is CCC1CCC2(CC1)NC(=O)N(CC(=O)NCC(=O)Nc1ccc(F)cc1)C2=O. The van der Waals surface area contributed by atoms with Crippen molar-refractivity contribution in [2.75, 3.05) is 18.4 Å². The molecule has 9 heteroatoms. The van der Waals surface area contributed by atoms with Gasteiger partial charge in [0.2, 0.25) is 11.8 Å². The van der Waals surface area contributed by atoms with Gasteiger partial charge in [0.05, 0.1) is 6.54 Å². The molecule has 0 radical (unpaired) electrons. The Kier molecular flexibility index (Phi) is 6.14. The number of carbonyl (C=O) groups is 4. The highest BCUT2D eigenvalue weighted by Crippen LogP contribution is 2.37. The van der Waals surface area contributed by atoms with E-state index < -0.39 is 35.7 Å². The number of hydrogen-bond acceptors (Lipinski definition) is 4. The summed E-state index contributed by atoms with van der Waals surface area (Å²) in [5.41, 5.74) is -0.507. The number of carbonyl (C=O) groups excluding carboxylic acids is 4. The Morgan fingerprint density at radius 2 is 1.83 bits per heavy atom. The van der Waals surface area contributed by atoms with Gasteiger partial charge in [-0.1, -0.05) is 13.3 Å². The maximum Gasteiger partial charge on any atom is 0.325 e. The van der Waals surface area contributed by atoms with Crippen LogP contribution in [0.15, 0.2) is 24.3 Å². The molecule has 1 aromatic carbocycles. The lowest BCUT2D eigenvalue weighted by Crippen LogP contribution is -2.50. The third-order valence-electron chi connectivity index (χ3n) is 5.66. The van der Waals surface area contributed by atoms with Crippen LogP contribution in [0.5, 0.6) is 0 Å². The van der Waals surface area contributed by atoms with Crippen molar-refractivity contribution in [1.82, 2.24) is 15.5 Å². The Hall–Kier alpha value is -2.97. The number of imide groups is 1. The molecule has 1 saturated heterocycles. The van der Waals surface area contributed by atoms with Crippen molar-refractivity contribution in [3.8, 4) is 0 Å². The number of amides is 5. The molecule has 1 spiro atoms. The highest BCUT2D eigenvalue weighted by molar-refractivity contribution is 6.09. The summed E-state index contributed by atoms with van der Waals surface area (Å²) < 4.78 is 12.9. The quantitative estimate of drug-likeness (QED) is 0.628. The van der Waals surface area contributed by atoms with Gasteiger partial charge in [0.25, 0.3) is 5.91 Å². The Balaban J connectivity index is 1.48. The van der Waals surface area contributed by atoms with Crippen LogP contribution in [-0.4, -0.2) is 47.3 Å². The van der Waals surface area contributed by atoms with Gasteiger partial charge in [-0.2, -0.15) is 0 Å². The van der Waals surface area contributed by atoms with Crippen molar-refractivity contribution < 1.29 is 23.6 Å². The maximum atomic E-state index is 12.9. The zero-order chi connectivity index (χ0) is 21.0. The van der Waals surface area contributed by atoms with Crippen LogP contribution in [0.2, 0.25) is 0 Å². The Morgan fingerprint density at radius 1 is 1.17 bits per heavy atom. The van der Waals surface area contributed by atoms with Gasteiger partial charge >= 0.3 is 6.03 Å². The molecule has 3 rings (SSSR count). The first-order chi connectivity index (χ1) is 13.8. The third kappa shape index (κ3) is 4.72. The Labute approximate surface area is 168 Å². The minimum Gasteiger partial charge on any atom is -0.345 e. The fourth-order valence-electron chi connectivity index (χ4n) is 3.85. The van der Waals surface area contributed by atoms with E-state index in [0.717, 1.165) is 24.2 Å². The largest absolute Gasteiger partial charge is 0.345 e. The van der Waals surface area contributed by atoms with Crippen LogP contribution in [0.4, 0.5) is 14.9 Å². The zero-order valence-electron chi connectivity index (χ0n) is 16.3. The van der Waals surface area contributed by atoms with Gasteiger partial charge in [-0.05, 0) is 55.9 Å². The maximum absolute atomic E-state index is 12.9. The zero-order valence-corrected chi connectivity index (χ0v) is 16.3. The summed E-state index contributed by atoms with van der Waals surface area (Å²) in [7, 11) is 0. The molecule has 1 aromatic rings. The van der Waals surface area contributed by atoms with Gasteiger partial charge in [-0.3, -0.25) is 19.3 Å². The van der Waals surface area contributed by atoms with Gasteiger partial charge in [0.1, 0.15) is 17.9 Å². The first kappa shape index (κ1) is 20.8. The summed E-state index contributed by atoms with van der Waals surface area (Å²) in [6.45, 7) is 1.34. The molecular weight excluding hydrogens is 379 g/mol. The summed E-state index contributed by atoms with van der Waals surface area (Å²) >= 11 is 0. The third-order valence-corrected chi connectivity index (χ3v) is 5.66. The molecule has 0 unspecified atom stereocenters. The molecule has 8 nitrogen and oxygen atoms in total. The first-order valence-electron chi connectivity index (χ1n) is 9.79. The summed E-state index contributed by atoms with van der Waals surface area (Å²) in [5, 5.41) is 7.67. The van der Waals surface area contributed by atoms with Crippen LogP contribution in [-0.2, 0) is 14.4 Å². The summed E-state index contributed by atoms with van der Waals surface area (Å²) in [6, 6.07) is 4.63. The second-order valence-electron chi connectivity index (χ2n) is 7.59. The molecule has 156 valence electrons. The Morgan fingerprint density at radius 3 is 2.45 bits per heavy atom. The number of urea groups is 1. The van der Waals surface area contributed by atoms with E-state index in [4.69, 9.17) is 0 Å². The minimum absolute atomic E-state index is 0.330. The van der Waals surface area contributed by atoms with Crippen LogP contribution >= 0.6 is 0 Å². The van der Waals surface area contributed by atoms with Crippen molar-refractivity contribution in [1.29, 1.82) is 0 Å². The number of nitrogens with zero attached hydrogens (tertiary/aromatic N) is 1. The fourth-order valence-corrected chi connectivity index (χ4v) is 3.85. The van der Waals surface area contributed by atoms with E-state index in [1.54, 1.807) is 0 Å². The molecule has 2 aliphatic rings. The second kappa shape index (κ2) is 8.59. The predicted molar refractivity (Wildman–Crippen MR) is 103 cm³/mol. The van der Waals surface area contributed by atoms with Crippen LogP contribution in [0.25, 0.3) is 0 Å². The normalized spacial score (nSPS) is 23.8. The number of nitrogens with one attached hydrogen (secondary N) is 3. The van der Waals surface area contributed by atoms with Gasteiger partial charge in [0.15, 0.2) is 0 Å². The number of benzene rings is 1. The van der Waals surface area contributed by atoms with Crippen LogP contribution in [0.1, 0.15) is 39.0 Å². The monoisotopic (exact) mass is 404 g/mol. The van der Waals surface area contributed by atoms with E-state index in [1.165, 1.54) is 24.3 Å². The summed E-state index contributed by atoms with van der Waals surface area (Å²) in [6.07, 6.45) is 3.94. The van der Waals surface area contributed by atoms with Gasteiger partial charge in [-0.25, -0.2) is 9.18 Å². The fraction of sp³-hybridized carbons (Fsp3) is 0.500. The van der Waals surface area contributed by atoms with Crippen molar-refractivity contribution in [2.24, 2.45) is 5.92 Å². The molecule has 2 fully saturated rings. The van der Waals surface area contributed by atoms with Crippen LogP contribution in [0.3, 0.4) is 0 Å². The molecule has 0 aromatic heterocycles. The lowest BCUT2D eigenvalue weighted by atomic mass is 9.75. The molecule has 1 aliphatic carbocycles. The molecule has 0 bridgehead atoms. The van der Waals surface area contributed by atoms with Crippen LogP contribution < -0.4 is 16.0 Å². The standard InChI is InChI=1S/C20H25FN4O4/c1-2-13-7-9-20(10-8-13)18(28)25(19(29)24-20)12-17(27)22-11-16(26)23-15-5-3-14(21)4-6-15/h3-6,13H,2,7-12H2,1H3,(H,22,27)(H,23,26)(H,24,29). The van der Waals surface area contributed by atoms with E-state index in [-0.39, 0.29) is 12.5 Å². The topological polar surface area (TPSA) is 108 Å². The average Bonchev–Trinajstić information content (AvgIpc) is 2.93. The molecule has 3 N–H and O–H groups in total. The van der Waals surface area contributed by atoms with E-state index in [9.17, 15) is 23.6 Å². The summed E-state index contributed by atoms with van der Waals surface area (Å²) in [5.74, 6) is -1.35. The highest BCUT2D eigenvalue weighted by Gasteiger charge is 2.52. The van der Waals surface area contributed by atoms with Gasteiger partial charge in [-0.15, -0.1) is 0 Å². The van der Waals surface area contributed by atoms with Crippen molar-refractivity contribution in [3.63, 3.8) is 0 Å². The lowest BCUT2D eigenvalue weighted by molar-refractivity contribution is -0.136. The molecule has 0 atom stereocenters. The van der Waals surface area contributed by atoms with E-state index >= 15 is 0 Å². The second-order valence-corrected chi connectivity index (χ2v) is 7.59. The predicted octanol–water partition coefficient (Wildman–Crippen LogP) is 1.77. The molecule has 29 heavy (non-hydrogen) atoms. The minimum atomic E-state index is -0.900. The van der Waals surface area contributed by atoms with Crippen molar-refractivity contribution in [2.45, 2.75) is 44.6 Å². The molecule has 5 amide bonds. The smallest absolute Gasteiger partial charge is 0.325 e. The number of hydrogen-bond donors (Lipinski definition) is 3. The van der Waals surface area contributed by atoms with Crippen LogP contribution in [0, 0.1) is 11.7 Å². The number of anilines is 1. The molecular formula is C20H25FN4O4. The number of rotatable bonds is 6. The van der Waals surface area contributed by atoms with Crippen molar-refractivity contribution >= 4 is 29.4 Å². The van der Waals surface area contributed by atoms with E-state index in [2.05, 4.69) is 22.9 Å². The molecule has 1 aliphatic heterocycles. The van der Waals surface area contributed by atoms with Gasteiger partial charge in [0, 0.05) is 5.69 Å². The first-order valence-corrected chi connectivity index (χ1v) is 9.79. The lowest BCUT2D eigenvalue weighted by Gasteiger charge is -2.34. The highest BCUT2D eigenvalue weighted by atomic mass is 19.1. The van der Waals surface area contributed by atoms with E-state index in [1.807, 2.05) is 0 Å². The van der Waals surface area contributed by atoms with E-state index in [0.29, 0.717) is 24.4 Å². The van der Waals surface area contributed by atoms with Gasteiger partial charge < -0.3 is 16.0 Å². The number of halogens is 1. The average molecular weight is 404 g/mol. The Bertz CT molecular complexity index is 803.